The number of aromatic nitrogens is 2. The van der Waals surface area contributed by atoms with Gasteiger partial charge in [-0.1, -0.05) is 19.4 Å². The van der Waals surface area contributed by atoms with Gasteiger partial charge in [0.25, 0.3) is 5.56 Å². The topological polar surface area (TPSA) is 37.8 Å². The number of H-pyrrole nitrogens is 1. The molecule has 0 bridgehead atoms. The lowest BCUT2D eigenvalue weighted by molar-refractivity contribution is 0.302. The van der Waals surface area contributed by atoms with Crippen LogP contribution in [-0.2, 0) is 6.42 Å². The smallest absolute Gasteiger partial charge is 0.262 e. The van der Waals surface area contributed by atoms with Gasteiger partial charge in [-0.25, -0.2) is 0 Å². The molecule has 1 aromatic heterocycles. The van der Waals surface area contributed by atoms with Crippen molar-refractivity contribution in [3.8, 4) is 0 Å². The quantitative estimate of drug-likeness (QED) is 0.866. The maximum absolute atomic E-state index is 12.6. The van der Waals surface area contributed by atoms with Crippen molar-refractivity contribution in [3.05, 3.63) is 38.9 Å². The molecule has 4 heteroatoms. The number of hydrogen-bond donors (Lipinski definition) is 1. The Balaban J connectivity index is 2.22. The molecule has 1 saturated carbocycles. The fourth-order valence-electron chi connectivity index (χ4n) is 2.70. The highest BCUT2D eigenvalue weighted by Crippen LogP contribution is 2.30. The molecule has 0 saturated heterocycles. The minimum Gasteiger partial charge on any atom is -0.332 e. The summed E-state index contributed by atoms with van der Waals surface area (Å²) in [6.45, 7) is 2.15. The van der Waals surface area contributed by atoms with Crippen molar-refractivity contribution < 1.29 is 0 Å². The molecule has 2 aromatic rings. The van der Waals surface area contributed by atoms with Crippen LogP contribution in [0.3, 0.4) is 0 Å². The van der Waals surface area contributed by atoms with Gasteiger partial charge in [-0.05, 0) is 55.6 Å². The van der Waals surface area contributed by atoms with Crippen LogP contribution in [0.2, 0.25) is 0 Å². The summed E-state index contributed by atoms with van der Waals surface area (Å²) >= 11 is 5.33. The second kappa shape index (κ2) is 4.93. The Bertz CT molecular complexity index is 725. The summed E-state index contributed by atoms with van der Waals surface area (Å²) in [5.74, 6) is 0. The van der Waals surface area contributed by atoms with Crippen molar-refractivity contribution in [2.24, 2.45) is 0 Å². The zero-order chi connectivity index (χ0) is 13.4. The number of hydrogen-bond acceptors (Lipinski definition) is 2. The summed E-state index contributed by atoms with van der Waals surface area (Å²) < 4.78 is 2.34. The van der Waals surface area contributed by atoms with E-state index in [2.05, 4.69) is 18.0 Å². The molecule has 0 unspecified atom stereocenters. The molecular formula is C15H18N2OS. The van der Waals surface area contributed by atoms with Gasteiger partial charge < -0.3 is 4.98 Å². The van der Waals surface area contributed by atoms with E-state index in [0.717, 1.165) is 36.6 Å². The van der Waals surface area contributed by atoms with E-state index in [1.165, 1.54) is 12.0 Å². The zero-order valence-corrected chi connectivity index (χ0v) is 11.9. The van der Waals surface area contributed by atoms with Gasteiger partial charge in [-0.15, -0.1) is 0 Å². The lowest BCUT2D eigenvalue weighted by Gasteiger charge is -2.27. The molecule has 3 rings (SSSR count). The molecule has 3 nitrogen and oxygen atoms in total. The first-order chi connectivity index (χ1) is 9.20. The zero-order valence-electron chi connectivity index (χ0n) is 11.1. The highest BCUT2D eigenvalue weighted by Gasteiger charge is 2.22. The second-order valence-electron chi connectivity index (χ2n) is 5.32. The molecule has 0 spiro atoms. The summed E-state index contributed by atoms with van der Waals surface area (Å²) in [6.07, 6.45) is 5.43. The number of rotatable bonds is 3. The van der Waals surface area contributed by atoms with Crippen LogP contribution in [0.5, 0.6) is 0 Å². The fraction of sp³-hybridized carbons (Fsp3) is 0.467. The average Bonchev–Trinajstić information content (AvgIpc) is 2.33. The second-order valence-corrected chi connectivity index (χ2v) is 5.71. The molecule has 1 aliphatic carbocycles. The third-order valence-electron chi connectivity index (χ3n) is 3.97. The van der Waals surface area contributed by atoms with Crippen molar-refractivity contribution in [1.29, 1.82) is 0 Å². The molecule has 0 amide bonds. The van der Waals surface area contributed by atoms with Crippen molar-refractivity contribution >= 4 is 23.1 Å². The third kappa shape index (κ3) is 2.14. The predicted octanol–water partition coefficient (Wildman–Crippen LogP) is 3.74. The van der Waals surface area contributed by atoms with Crippen LogP contribution in [0.15, 0.2) is 23.0 Å². The molecule has 1 aromatic carbocycles. The Labute approximate surface area is 117 Å². The number of fused-ring (bicyclic) bond motifs is 1. The molecular weight excluding hydrogens is 256 g/mol. The van der Waals surface area contributed by atoms with Gasteiger partial charge in [0.05, 0.1) is 10.9 Å². The predicted molar refractivity (Wildman–Crippen MR) is 80.3 cm³/mol. The largest absolute Gasteiger partial charge is 0.332 e. The van der Waals surface area contributed by atoms with Gasteiger partial charge in [0.1, 0.15) is 0 Å². The third-order valence-corrected chi connectivity index (χ3v) is 4.27. The van der Waals surface area contributed by atoms with Gasteiger partial charge in [-0.3, -0.25) is 9.36 Å². The molecule has 19 heavy (non-hydrogen) atoms. The van der Waals surface area contributed by atoms with E-state index in [9.17, 15) is 4.79 Å². The first kappa shape index (κ1) is 12.6. The van der Waals surface area contributed by atoms with E-state index in [0.29, 0.717) is 10.8 Å². The first-order valence-corrected chi connectivity index (χ1v) is 7.39. The molecule has 1 N–H and O–H groups in total. The summed E-state index contributed by atoms with van der Waals surface area (Å²) in [4.78, 5) is 15.8. The van der Waals surface area contributed by atoms with Gasteiger partial charge in [0.15, 0.2) is 4.77 Å². The minimum atomic E-state index is 0.0707. The lowest BCUT2D eigenvalue weighted by atomic mass is 9.93. The van der Waals surface area contributed by atoms with E-state index >= 15 is 0 Å². The Morgan fingerprint density at radius 2 is 2.21 bits per heavy atom. The van der Waals surface area contributed by atoms with Crippen molar-refractivity contribution in [2.45, 2.75) is 45.1 Å². The first-order valence-electron chi connectivity index (χ1n) is 6.98. The van der Waals surface area contributed by atoms with Crippen molar-refractivity contribution in [1.82, 2.24) is 9.55 Å². The highest BCUT2D eigenvalue weighted by atomic mass is 32.1. The number of nitrogens with zero attached hydrogens (tertiary/aromatic N) is 1. The Hall–Kier alpha value is -1.42. The standard InChI is InChI=1S/C15H18N2OS/c1-2-4-10-7-8-13-12(9-10)14(18)17(15(19)16-13)11-5-3-6-11/h7-9,11H,2-6H2,1H3,(H,16,19). The van der Waals surface area contributed by atoms with Crippen LogP contribution in [-0.4, -0.2) is 9.55 Å². The SMILES string of the molecule is CCCc1ccc2[nH]c(=S)n(C3CCC3)c(=O)c2c1. The molecule has 1 fully saturated rings. The summed E-state index contributed by atoms with van der Waals surface area (Å²) in [6, 6.07) is 6.37. The highest BCUT2D eigenvalue weighted by molar-refractivity contribution is 7.71. The van der Waals surface area contributed by atoms with Crippen LogP contribution in [0.4, 0.5) is 0 Å². The van der Waals surface area contributed by atoms with Crippen LogP contribution >= 0.6 is 12.2 Å². The summed E-state index contributed by atoms with van der Waals surface area (Å²) in [5.41, 5.74) is 2.14. The normalized spacial score (nSPS) is 15.6. The summed E-state index contributed by atoms with van der Waals surface area (Å²) in [7, 11) is 0. The van der Waals surface area contributed by atoms with Crippen LogP contribution in [0.1, 0.15) is 44.2 Å². The minimum absolute atomic E-state index is 0.0707. The Morgan fingerprint density at radius 3 is 2.84 bits per heavy atom. The van der Waals surface area contributed by atoms with Crippen molar-refractivity contribution in [2.75, 3.05) is 0 Å². The molecule has 0 radical (unpaired) electrons. The van der Waals surface area contributed by atoms with E-state index in [1.807, 2.05) is 12.1 Å². The van der Waals surface area contributed by atoms with E-state index < -0.39 is 0 Å². The molecule has 1 heterocycles. The van der Waals surface area contributed by atoms with Crippen LogP contribution in [0, 0.1) is 4.77 Å². The molecule has 100 valence electrons. The van der Waals surface area contributed by atoms with Crippen LogP contribution in [0.25, 0.3) is 10.9 Å². The van der Waals surface area contributed by atoms with Gasteiger partial charge >= 0.3 is 0 Å². The fourth-order valence-corrected chi connectivity index (χ4v) is 3.04. The average molecular weight is 274 g/mol. The monoisotopic (exact) mass is 274 g/mol. The van der Waals surface area contributed by atoms with Gasteiger partial charge in [0, 0.05) is 6.04 Å². The maximum atomic E-state index is 12.6. The van der Waals surface area contributed by atoms with E-state index in [4.69, 9.17) is 12.2 Å². The maximum Gasteiger partial charge on any atom is 0.262 e. The van der Waals surface area contributed by atoms with Gasteiger partial charge in [-0.2, -0.15) is 0 Å². The molecule has 0 aliphatic heterocycles. The number of nitrogens with one attached hydrogen (secondary N) is 1. The number of aryl methyl sites for hydroxylation is 1. The number of aromatic amines is 1. The molecule has 0 atom stereocenters. The summed E-state index contributed by atoms with van der Waals surface area (Å²) in [5, 5.41) is 0.770. The Morgan fingerprint density at radius 1 is 1.42 bits per heavy atom. The van der Waals surface area contributed by atoms with E-state index in [-0.39, 0.29) is 5.56 Å². The molecule has 1 aliphatic rings. The van der Waals surface area contributed by atoms with E-state index in [1.54, 1.807) is 4.57 Å². The van der Waals surface area contributed by atoms with Crippen molar-refractivity contribution in [3.63, 3.8) is 0 Å². The van der Waals surface area contributed by atoms with Crippen LogP contribution < -0.4 is 5.56 Å². The number of benzene rings is 1. The lowest BCUT2D eigenvalue weighted by Crippen LogP contribution is -2.30. The Kier molecular flexibility index (Phi) is 3.27. The van der Waals surface area contributed by atoms with Gasteiger partial charge in [0.2, 0.25) is 0 Å².